The lowest BCUT2D eigenvalue weighted by atomic mass is 9.92. The van der Waals surface area contributed by atoms with Crippen LogP contribution in [0.3, 0.4) is 0 Å². The van der Waals surface area contributed by atoms with Crippen molar-refractivity contribution in [3.05, 3.63) is 24.3 Å². The molecule has 0 rings (SSSR count). The Morgan fingerprint density at radius 1 is 0.897 bits per heavy atom. The number of carboxylic acids is 1. The Morgan fingerprint density at radius 3 is 1.90 bits per heavy atom. The van der Waals surface area contributed by atoms with E-state index in [0.717, 1.165) is 25.7 Å². The molecule has 1 atom stereocenters. The van der Waals surface area contributed by atoms with Gasteiger partial charge in [0.25, 0.3) is 0 Å². The van der Waals surface area contributed by atoms with Crippen LogP contribution in [0.4, 0.5) is 0 Å². The van der Waals surface area contributed by atoms with Crippen molar-refractivity contribution >= 4 is 11.8 Å². The van der Waals surface area contributed by atoms with Crippen molar-refractivity contribution in [3.63, 3.8) is 0 Å². The lowest BCUT2D eigenvalue weighted by Gasteiger charge is -2.34. The number of hydrogen-bond donors (Lipinski definition) is 2. The number of carbonyl (C=O) groups is 2. The van der Waals surface area contributed by atoms with E-state index in [1.807, 2.05) is 6.08 Å². The number of hydrogen-bond acceptors (Lipinski definition) is 5. The maximum Gasteiger partial charge on any atom is 0.193 e. The lowest BCUT2D eigenvalue weighted by molar-refractivity contribution is -0.875. The van der Waals surface area contributed by atoms with Gasteiger partial charge in [-0.15, -0.1) is 0 Å². The molecule has 0 amide bonds. The highest BCUT2D eigenvalue weighted by Gasteiger charge is 2.39. The summed E-state index contributed by atoms with van der Waals surface area (Å²) < 4.78 is 0.266. The van der Waals surface area contributed by atoms with Crippen molar-refractivity contribution in [3.8, 4) is 0 Å². The molecule has 0 heterocycles. The monoisotopic (exact) mass is 411 g/mol. The zero-order chi connectivity index (χ0) is 22.2. The average molecular weight is 412 g/mol. The van der Waals surface area contributed by atoms with E-state index in [9.17, 15) is 19.8 Å². The fourth-order valence-electron chi connectivity index (χ4n) is 3.33. The predicted molar refractivity (Wildman–Crippen MR) is 114 cm³/mol. The zero-order valence-corrected chi connectivity index (χ0v) is 18.6. The predicted octanol–water partition coefficient (Wildman–Crippen LogP) is 2.14. The van der Waals surface area contributed by atoms with Crippen LogP contribution in [-0.4, -0.2) is 66.3 Å². The summed E-state index contributed by atoms with van der Waals surface area (Å²) in [7, 11) is 5.36. The Kier molecular flexibility index (Phi) is 14.6. The van der Waals surface area contributed by atoms with E-state index in [0.29, 0.717) is 6.61 Å². The minimum absolute atomic E-state index is 0.00466. The highest BCUT2D eigenvalue weighted by Crippen LogP contribution is 2.16. The number of allylic oxidation sites excluding steroid dienone is 3. The number of ketones is 1. The number of quaternary nitrogens is 1. The highest BCUT2D eigenvalue weighted by molar-refractivity contribution is 5.99. The molecule has 0 fully saturated rings. The van der Waals surface area contributed by atoms with Crippen LogP contribution in [0.15, 0.2) is 24.3 Å². The number of aliphatic hydroxyl groups excluding tert-OH is 1. The topological polar surface area (TPSA) is 97.7 Å². The van der Waals surface area contributed by atoms with E-state index in [-0.39, 0.29) is 11.0 Å². The van der Waals surface area contributed by atoms with Crippen LogP contribution in [0.2, 0.25) is 0 Å². The van der Waals surface area contributed by atoms with E-state index in [4.69, 9.17) is 5.11 Å². The van der Waals surface area contributed by atoms with Crippen molar-refractivity contribution in [2.45, 2.75) is 76.2 Å². The SMILES string of the molecule is C[N+](C)(C)CC(O)(CC(=O)[O-])C(=O)C=CC=CCCCCCCCCCCCO. The second-order valence-electron chi connectivity index (χ2n) is 8.87. The number of carboxylic acid groups (broad SMARTS) is 1. The van der Waals surface area contributed by atoms with Gasteiger partial charge in [-0.25, -0.2) is 0 Å². The third kappa shape index (κ3) is 16.0. The van der Waals surface area contributed by atoms with Gasteiger partial charge in [-0.1, -0.05) is 63.2 Å². The molecule has 0 aliphatic heterocycles. The van der Waals surface area contributed by atoms with Gasteiger partial charge in [0.1, 0.15) is 6.54 Å². The minimum atomic E-state index is -1.96. The molecule has 0 radical (unpaired) electrons. The lowest BCUT2D eigenvalue weighted by Crippen LogP contribution is -2.55. The number of likely N-dealkylation sites (N-methyl/N-ethyl adjacent to an activating group) is 1. The standard InChI is InChI=1S/C23H41NO5/c1-24(2,3)20-23(29,19-22(27)28)21(26)17-15-13-11-9-7-5-4-6-8-10-12-14-16-18-25/h11,13,15,17,25,29H,4-10,12,14,16,18-20H2,1-3H3. The van der Waals surface area contributed by atoms with Crippen LogP contribution >= 0.6 is 0 Å². The summed E-state index contributed by atoms with van der Waals surface area (Å²) in [5.41, 5.74) is -1.96. The Bertz CT molecular complexity index is 522. The Labute approximate surface area is 176 Å². The summed E-state index contributed by atoms with van der Waals surface area (Å²) in [6, 6.07) is 0. The van der Waals surface area contributed by atoms with Crippen LogP contribution < -0.4 is 5.11 Å². The fraction of sp³-hybridized carbons (Fsp3) is 0.739. The van der Waals surface area contributed by atoms with Gasteiger partial charge in [0.05, 0.1) is 21.1 Å². The molecule has 0 saturated carbocycles. The minimum Gasteiger partial charge on any atom is -0.550 e. The first kappa shape index (κ1) is 27.5. The molecule has 0 aliphatic rings. The summed E-state index contributed by atoms with van der Waals surface area (Å²) in [4.78, 5) is 23.2. The van der Waals surface area contributed by atoms with E-state index >= 15 is 0 Å². The molecule has 0 aromatic carbocycles. The Hall–Kier alpha value is -1.50. The average Bonchev–Trinajstić information content (AvgIpc) is 2.59. The van der Waals surface area contributed by atoms with E-state index in [1.54, 1.807) is 33.3 Å². The van der Waals surface area contributed by atoms with Crippen LogP contribution in [-0.2, 0) is 9.59 Å². The number of nitrogens with zero attached hydrogens (tertiary/aromatic N) is 1. The van der Waals surface area contributed by atoms with Gasteiger partial charge in [-0.3, -0.25) is 4.79 Å². The summed E-state index contributed by atoms with van der Waals surface area (Å²) in [6.07, 6.45) is 17.3. The molecule has 0 aromatic heterocycles. The first-order valence-electron chi connectivity index (χ1n) is 10.8. The van der Waals surface area contributed by atoms with E-state index in [1.165, 1.54) is 44.6 Å². The first-order chi connectivity index (χ1) is 13.6. The van der Waals surface area contributed by atoms with Gasteiger partial charge in [0.15, 0.2) is 11.4 Å². The van der Waals surface area contributed by atoms with Crippen molar-refractivity contribution in [2.24, 2.45) is 0 Å². The van der Waals surface area contributed by atoms with Crippen molar-refractivity contribution < 1.29 is 29.4 Å². The van der Waals surface area contributed by atoms with Gasteiger partial charge in [0.2, 0.25) is 0 Å². The van der Waals surface area contributed by atoms with Gasteiger partial charge in [-0.05, 0) is 25.3 Å². The second kappa shape index (κ2) is 15.4. The van der Waals surface area contributed by atoms with E-state index < -0.39 is 23.8 Å². The molecule has 0 aromatic rings. The van der Waals surface area contributed by atoms with Crippen LogP contribution in [0.1, 0.15) is 70.6 Å². The summed E-state index contributed by atoms with van der Waals surface area (Å²) in [6.45, 7) is 0.295. The molecule has 6 nitrogen and oxygen atoms in total. The third-order valence-corrected chi connectivity index (χ3v) is 4.66. The fourth-order valence-corrected chi connectivity index (χ4v) is 3.33. The molecule has 1 unspecified atom stereocenters. The Balaban J connectivity index is 4.09. The quantitative estimate of drug-likeness (QED) is 0.156. The maximum atomic E-state index is 12.3. The van der Waals surface area contributed by atoms with Crippen molar-refractivity contribution in [1.82, 2.24) is 0 Å². The first-order valence-corrected chi connectivity index (χ1v) is 10.8. The van der Waals surface area contributed by atoms with Crippen LogP contribution in [0.25, 0.3) is 0 Å². The third-order valence-electron chi connectivity index (χ3n) is 4.66. The zero-order valence-electron chi connectivity index (χ0n) is 18.6. The van der Waals surface area contributed by atoms with Crippen molar-refractivity contribution in [2.75, 3.05) is 34.3 Å². The summed E-state index contributed by atoms with van der Waals surface area (Å²) in [5.74, 6) is -2.05. The molecule has 2 N–H and O–H groups in total. The molecule has 168 valence electrons. The molecule has 6 heteroatoms. The number of unbranched alkanes of at least 4 members (excludes halogenated alkanes) is 9. The van der Waals surface area contributed by atoms with Crippen LogP contribution in [0.5, 0.6) is 0 Å². The van der Waals surface area contributed by atoms with Gasteiger partial charge >= 0.3 is 0 Å². The molecule has 0 bridgehead atoms. The van der Waals surface area contributed by atoms with Crippen LogP contribution in [0, 0.1) is 0 Å². The molecule has 0 spiro atoms. The molecule has 29 heavy (non-hydrogen) atoms. The number of aliphatic carboxylic acids is 1. The largest absolute Gasteiger partial charge is 0.550 e. The van der Waals surface area contributed by atoms with Gasteiger partial charge in [-0.2, -0.15) is 0 Å². The summed E-state index contributed by atoms with van der Waals surface area (Å²) >= 11 is 0. The summed E-state index contributed by atoms with van der Waals surface area (Å²) in [5, 5.41) is 30.2. The highest BCUT2D eigenvalue weighted by atomic mass is 16.4. The molecular formula is C23H41NO5. The molecule has 0 aliphatic carbocycles. The van der Waals surface area contributed by atoms with Crippen molar-refractivity contribution in [1.29, 1.82) is 0 Å². The maximum absolute atomic E-state index is 12.3. The normalized spacial score (nSPS) is 14.5. The molecular weight excluding hydrogens is 370 g/mol. The molecule has 0 saturated heterocycles. The smallest absolute Gasteiger partial charge is 0.193 e. The van der Waals surface area contributed by atoms with Gasteiger partial charge in [0, 0.05) is 19.0 Å². The second-order valence-corrected chi connectivity index (χ2v) is 8.87. The Morgan fingerprint density at radius 2 is 1.41 bits per heavy atom. The number of aliphatic hydroxyl groups is 2. The number of rotatable bonds is 18. The number of carbonyl (C=O) groups excluding carboxylic acids is 2. The van der Waals surface area contributed by atoms with E-state index in [2.05, 4.69) is 0 Å². The van der Waals surface area contributed by atoms with Gasteiger partial charge < -0.3 is 24.6 Å².